The first-order valence-electron chi connectivity index (χ1n) is 11.3. The van der Waals surface area contributed by atoms with Gasteiger partial charge in [0.25, 0.3) is 0 Å². The van der Waals surface area contributed by atoms with Gasteiger partial charge in [0, 0.05) is 12.5 Å². The molecule has 3 aromatic rings. The Morgan fingerprint density at radius 1 is 1.11 bits per heavy atom. The number of phenolic OH excluding ortho intramolecular Hbond substituents is 1. The van der Waals surface area contributed by atoms with Crippen LogP contribution in [0.5, 0.6) is 23.0 Å². The van der Waals surface area contributed by atoms with Gasteiger partial charge in [0.1, 0.15) is 33.8 Å². The lowest BCUT2D eigenvalue weighted by atomic mass is 9.93. The number of carbonyl (C=O) groups is 1. The van der Waals surface area contributed by atoms with Gasteiger partial charge in [-0.15, -0.1) is 0 Å². The van der Waals surface area contributed by atoms with Crippen molar-refractivity contribution < 1.29 is 28.5 Å². The number of aromatic hydroxyl groups is 1. The van der Waals surface area contributed by atoms with E-state index in [1.54, 1.807) is 12.1 Å². The van der Waals surface area contributed by atoms with Crippen LogP contribution in [0.3, 0.4) is 0 Å². The second-order valence-corrected chi connectivity index (χ2v) is 9.22. The summed E-state index contributed by atoms with van der Waals surface area (Å²) in [5, 5.41) is 10.1. The summed E-state index contributed by atoms with van der Waals surface area (Å²) < 4.78 is 23.7. The summed E-state index contributed by atoms with van der Waals surface area (Å²) >= 11 is 0. The quantitative estimate of drug-likeness (QED) is 0.283. The average molecular weight is 477 g/mol. The number of allylic oxidation sites excluding steroid dienone is 2. The number of esters is 1. The summed E-state index contributed by atoms with van der Waals surface area (Å²) in [6, 6.07) is 6.00. The fourth-order valence-corrected chi connectivity index (χ4v) is 4.11. The Labute approximate surface area is 203 Å². The molecule has 0 saturated heterocycles. The molecule has 1 aromatic heterocycles. The molecular formula is C28H28O7. The van der Waals surface area contributed by atoms with Crippen molar-refractivity contribution in [3.05, 3.63) is 63.5 Å². The second-order valence-electron chi connectivity index (χ2n) is 9.22. The van der Waals surface area contributed by atoms with Crippen LogP contribution in [0, 0.1) is 0 Å². The lowest BCUT2D eigenvalue weighted by Crippen LogP contribution is -2.28. The fraction of sp³-hybridized carbons (Fsp3) is 0.286. The number of fused-ring (bicyclic) bond motifs is 2. The van der Waals surface area contributed by atoms with Crippen LogP contribution in [0.25, 0.3) is 28.2 Å². The third kappa shape index (κ3) is 4.54. The Hall–Kier alpha value is -4.00. The normalized spacial score (nSPS) is 13.7. The van der Waals surface area contributed by atoms with Gasteiger partial charge in [-0.3, -0.25) is 4.79 Å². The number of hydrogen-bond donors (Lipinski definition) is 1. The fourth-order valence-electron chi connectivity index (χ4n) is 4.11. The minimum absolute atomic E-state index is 0.0331. The molecule has 2 aromatic carbocycles. The Bertz CT molecular complexity index is 1430. The van der Waals surface area contributed by atoms with Crippen LogP contribution >= 0.6 is 0 Å². The molecule has 0 amide bonds. The van der Waals surface area contributed by atoms with E-state index >= 15 is 0 Å². The van der Waals surface area contributed by atoms with E-state index in [2.05, 4.69) is 0 Å². The molecule has 182 valence electrons. The third-order valence-electron chi connectivity index (χ3n) is 5.68. The summed E-state index contributed by atoms with van der Waals surface area (Å²) in [6.07, 6.45) is 6.26. The molecule has 7 nitrogen and oxygen atoms in total. The number of hydrogen-bond acceptors (Lipinski definition) is 7. The summed E-state index contributed by atoms with van der Waals surface area (Å²) in [4.78, 5) is 25.6. The van der Waals surface area contributed by atoms with Gasteiger partial charge in [-0.2, -0.15) is 0 Å². The maximum atomic E-state index is 13.4. The molecule has 0 atom stereocenters. The van der Waals surface area contributed by atoms with Crippen molar-refractivity contribution in [2.45, 2.75) is 46.6 Å². The van der Waals surface area contributed by atoms with E-state index in [0.29, 0.717) is 40.0 Å². The van der Waals surface area contributed by atoms with E-state index in [0.717, 1.165) is 5.57 Å². The number of phenols is 1. The van der Waals surface area contributed by atoms with Crippen molar-refractivity contribution in [1.82, 2.24) is 0 Å². The Morgan fingerprint density at radius 3 is 2.40 bits per heavy atom. The number of carbonyl (C=O) groups excluding carboxylic acids is 1. The zero-order valence-electron chi connectivity index (χ0n) is 20.6. The van der Waals surface area contributed by atoms with Crippen LogP contribution < -0.4 is 19.8 Å². The number of rotatable bonds is 5. The Balaban J connectivity index is 2.21. The van der Waals surface area contributed by atoms with Gasteiger partial charge in [0.2, 0.25) is 0 Å². The standard InChI is InChI=1S/C28H28O7/c1-15(2)7-12-19-23-20(13-14-28(4,5)35-23)24(32-6)22-25(19)34-27(31)21(26(22)33-16(3)29)17-8-10-18(30)11-9-17/h7-11,13-14,30H,12H2,1-6H3. The molecule has 7 heteroatoms. The van der Waals surface area contributed by atoms with Crippen LogP contribution in [0.1, 0.15) is 45.7 Å². The molecule has 2 heterocycles. The lowest BCUT2D eigenvalue weighted by Gasteiger charge is -2.31. The van der Waals surface area contributed by atoms with Crippen LogP contribution in [0.2, 0.25) is 0 Å². The smallest absolute Gasteiger partial charge is 0.348 e. The zero-order chi connectivity index (χ0) is 25.5. The molecule has 0 saturated carbocycles. The first-order chi connectivity index (χ1) is 16.5. The topological polar surface area (TPSA) is 95.2 Å². The van der Waals surface area contributed by atoms with Gasteiger partial charge in [0.15, 0.2) is 11.3 Å². The van der Waals surface area contributed by atoms with E-state index in [-0.39, 0.29) is 22.6 Å². The van der Waals surface area contributed by atoms with Crippen molar-refractivity contribution in [1.29, 1.82) is 0 Å². The molecule has 1 aliphatic heterocycles. The molecule has 4 rings (SSSR count). The summed E-state index contributed by atoms with van der Waals surface area (Å²) in [5.74, 6) is 0.381. The predicted octanol–water partition coefficient (Wildman–Crippen LogP) is 5.79. The SMILES string of the molecule is COc1c2c(c(CC=C(C)C)c3oc(=O)c(-c4ccc(O)cc4)c(OC(C)=O)c13)OC(C)(C)C=C2. The van der Waals surface area contributed by atoms with Gasteiger partial charge in [0.05, 0.1) is 12.7 Å². The number of methoxy groups -OCH3 is 1. The number of ether oxygens (including phenoxy) is 3. The van der Waals surface area contributed by atoms with Crippen molar-refractivity contribution in [2.24, 2.45) is 0 Å². The van der Waals surface area contributed by atoms with E-state index < -0.39 is 17.2 Å². The van der Waals surface area contributed by atoms with Gasteiger partial charge in [-0.25, -0.2) is 4.79 Å². The molecular weight excluding hydrogens is 448 g/mol. The average Bonchev–Trinajstić information content (AvgIpc) is 2.77. The van der Waals surface area contributed by atoms with Gasteiger partial charge in [-0.05, 0) is 64.0 Å². The molecule has 0 spiro atoms. The third-order valence-corrected chi connectivity index (χ3v) is 5.68. The highest BCUT2D eigenvalue weighted by Gasteiger charge is 2.33. The highest BCUT2D eigenvalue weighted by Crippen LogP contribution is 2.50. The van der Waals surface area contributed by atoms with Crippen LogP contribution in [-0.2, 0) is 11.2 Å². The predicted molar refractivity (Wildman–Crippen MR) is 134 cm³/mol. The van der Waals surface area contributed by atoms with E-state index in [1.165, 1.54) is 26.2 Å². The number of benzene rings is 2. The summed E-state index contributed by atoms with van der Waals surface area (Å²) in [7, 11) is 1.50. The van der Waals surface area contributed by atoms with Crippen molar-refractivity contribution in [3.63, 3.8) is 0 Å². The van der Waals surface area contributed by atoms with Crippen molar-refractivity contribution in [2.75, 3.05) is 7.11 Å². The maximum Gasteiger partial charge on any atom is 0.348 e. The molecule has 0 unspecified atom stereocenters. The van der Waals surface area contributed by atoms with E-state index in [4.69, 9.17) is 18.6 Å². The van der Waals surface area contributed by atoms with Crippen LogP contribution in [0.15, 0.2) is 51.2 Å². The van der Waals surface area contributed by atoms with Gasteiger partial charge < -0.3 is 23.7 Å². The molecule has 1 N–H and O–H groups in total. The van der Waals surface area contributed by atoms with E-state index in [1.807, 2.05) is 45.9 Å². The summed E-state index contributed by atoms with van der Waals surface area (Å²) in [5.41, 5.74) is 1.83. The minimum Gasteiger partial charge on any atom is -0.508 e. The molecule has 35 heavy (non-hydrogen) atoms. The van der Waals surface area contributed by atoms with Gasteiger partial charge >= 0.3 is 11.6 Å². The zero-order valence-corrected chi connectivity index (χ0v) is 20.6. The monoisotopic (exact) mass is 476 g/mol. The molecule has 0 bridgehead atoms. The highest BCUT2D eigenvalue weighted by molar-refractivity contribution is 6.02. The molecule has 0 radical (unpaired) electrons. The van der Waals surface area contributed by atoms with Crippen molar-refractivity contribution in [3.8, 4) is 34.1 Å². The van der Waals surface area contributed by atoms with Crippen LogP contribution in [0.4, 0.5) is 0 Å². The molecule has 0 aliphatic carbocycles. The van der Waals surface area contributed by atoms with Crippen molar-refractivity contribution >= 4 is 23.0 Å². The van der Waals surface area contributed by atoms with E-state index in [9.17, 15) is 14.7 Å². The summed E-state index contributed by atoms with van der Waals surface area (Å²) in [6.45, 7) is 9.09. The lowest BCUT2D eigenvalue weighted by molar-refractivity contribution is -0.131. The largest absolute Gasteiger partial charge is 0.508 e. The van der Waals surface area contributed by atoms with Gasteiger partial charge in [-0.1, -0.05) is 23.8 Å². The first-order valence-corrected chi connectivity index (χ1v) is 11.3. The first kappa shape index (κ1) is 24.1. The van der Waals surface area contributed by atoms with Crippen LogP contribution in [-0.4, -0.2) is 23.8 Å². The second kappa shape index (κ2) is 8.98. The Morgan fingerprint density at radius 2 is 1.80 bits per heavy atom. The molecule has 1 aliphatic rings. The maximum absolute atomic E-state index is 13.4. The highest BCUT2D eigenvalue weighted by atomic mass is 16.5. The molecule has 0 fully saturated rings. The Kier molecular flexibility index (Phi) is 6.19. The minimum atomic E-state index is -0.689.